The van der Waals surface area contributed by atoms with Crippen molar-refractivity contribution in [3.05, 3.63) is 16.7 Å². The van der Waals surface area contributed by atoms with Gasteiger partial charge in [0.05, 0.1) is 0 Å². The van der Waals surface area contributed by atoms with E-state index in [9.17, 15) is 4.79 Å². The van der Waals surface area contributed by atoms with Gasteiger partial charge in [0.2, 0.25) is 0 Å². The van der Waals surface area contributed by atoms with E-state index in [1.165, 1.54) is 6.92 Å². The number of amidine groups is 1. The third-order valence-corrected chi connectivity index (χ3v) is 2.55. The van der Waals surface area contributed by atoms with Crippen LogP contribution in [0.1, 0.15) is 6.92 Å². The third-order valence-electron chi connectivity index (χ3n) is 2.11. The van der Waals surface area contributed by atoms with E-state index >= 15 is 0 Å². The molecule has 0 spiro atoms. The van der Waals surface area contributed by atoms with Gasteiger partial charge in [-0.3, -0.25) is 4.79 Å². The van der Waals surface area contributed by atoms with Crippen molar-refractivity contribution in [2.45, 2.75) is 6.92 Å². The number of anilines is 2. The van der Waals surface area contributed by atoms with Crippen LogP contribution < -0.4 is 21.8 Å². The number of nitrogen functional groups attached to an aromatic ring is 1. The number of carbonyl (C=O) groups excluding carboxylic acids is 1. The number of hydrazine groups is 2. The second kappa shape index (κ2) is 5.19. The van der Waals surface area contributed by atoms with E-state index in [0.29, 0.717) is 17.3 Å². The smallest absolute Gasteiger partial charge is 0.303 e. The molecule has 0 bridgehead atoms. The Bertz CT molecular complexity index is 506. The van der Waals surface area contributed by atoms with E-state index in [4.69, 9.17) is 10.5 Å². The molecule has 18 heavy (non-hydrogen) atoms. The van der Waals surface area contributed by atoms with Crippen LogP contribution >= 0.6 is 15.9 Å². The van der Waals surface area contributed by atoms with Crippen LogP contribution in [-0.4, -0.2) is 23.4 Å². The maximum atomic E-state index is 10.8. The summed E-state index contributed by atoms with van der Waals surface area (Å²) in [6, 6.07) is 1.77. The fraction of sp³-hybridized carbons (Fsp3) is 0.222. The van der Waals surface area contributed by atoms with Crippen LogP contribution in [-0.2, 0) is 9.53 Å². The Hall–Kier alpha value is -1.87. The Labute approximate surface area is 111 Å². The van der Waals surface area contributed by atoms with Gasteiger partial charge in [0.25, 0.3) is 0 Å². The second-order valence-corrected chi connectivity index (χ2v) is 4.34. The first-order chi connectivity index (χ1) is 8.58. The quantitative estimate of drug-likeness (QED) is 0.681. The summed E-state index contributed by atoms with van der Waals surface area (Å²) >= 11 is 3.31. The largest absolute Gasteiger partial charge is 0.458 e. The lowest BCUT2D eigenvalue weighted by Gasteiger charge is -2.19. The van der Waals surface area contributed by atoms with E-state index in [-0.39, 0.29) is 12.6 Å². The Morgan fingerprint density at radius 1 is 1.67 bits per heavy atom. The summed E-state index contributed by atoms with van der Waals surface area (Å²) in [5.41, 5.74) is 11.7. The lowest BCUT2D eigenvalue weighted by molar-refractivity contribution is -0.139. The van der Waals surface area contributed by atoms with Gasteiger partial charge in [0.1, 0.15) is 11.5 Å². The molecule has 0 fully saturated rings. The maximum absolute atomic E-state index is 10.8. The monoisotopic (exact) mass is 314 g/mol. The summed E-state index contributed by atoms with van der Waals surface area (Å²) in [5.74, 6) is 0.409. The van der Waals surface area contributed by atoms with E-state index in [1.807, 2.05) is 0 Å². The topological polar surface area (TPSA) is 105 Å². The van der Waals surface area contributed by atoms with Crippen molar-refractivity contribution in [3.63, 3.8) is 0 Å². The van der Waals surface area contributed by atoms with Crippen LogP contribution in [0.5, 0.6) is 0 Å². The van der Waals surface area contributed by atoms with Gasteiger partial charge in [-0.15, -0.1) is 10.6 Å². The number of esters is 1. The first kappa shape index (κ1) is 12.6. The number of halogens is 1. The van der Waals surface area contributed by atoms with Gasteiger partial charge in [-0.2, -0.15) is 0 Å². The summed E-state index contributed by atoms with van der Waals surface area (Å²) in [6.45, 7) is 1.36. The number of nitrogens with one attached hydrogen (secondary N) is 2. The van der Waals surface area contributed by atoms with Crippen LogP contribution in [0.3, 0.4) is 0 Å². The molecule has 0 aromatic carbocycles. The average molecular weight is 315 g/mol. The zero-order valence-electron chi connectivity index (χ0n) is 9.48. The molecule has 0 aliphatic carbocycles. The van der Waals surface area contributed by atoms with E-state index in [0.717, 1.165) is 4.47 Å². The summed E-state index contributed by atoms with van der Waals surface area (Å²) in [6.07, 6.45) is 1.59. The highest BCUT2D eigenvalue weighted by molar-refractivity contribution is 9.10. The van der Waals surface area contributed by atoms with Crippen molar-refractivity contribution >= 4 is 39.2 Å². The van der Waals surface area contributed by atoms with Gasteiger partial charge < -0.3 is 10.5 Å². The second-order valence-electron chi connectivity index (χ2n) is 3.43. The average Bonchev–Trinajstić information content (AvgIpc) is 2.77. The standard InChI is InChI=1S/C9H11BrN6O2/c1-5(17)18-4-8-13-14-15-16(8)7-2-6(10)3-12-9(7)11/h2-3,14-15H,4H2,1H3,(H2,11,12). The minimum absolute atomic E-state index is 0.0291. The Balaban J connectivity index is 2.19. The fourth-order valence-corrected chi connectivity index (χ4v) is 1.65. The van der Waals surface area contributed by atoms with E-state index in [1.54, 1.807) is 17.3 Å². The van der Waals surface area contributed by atoms with Crippen molar-refractivity contribution in [2.75, 3.05) is 17.3 Å². The molecule has 2 rings (SSSR count). The number of hydrazone groups is 1. The van der Waals surface area contributed by atoms with Crippen molar-refractivity contribution in [1.29, 1.82) is 0 Å². The molecule has 1 aromatic heterocycles. The number of hydrogen-bond donors (Lipinski definition) is 3. The molecule has 9 heteroatoms. The molecule has 2 heterocycles. The van der Waals surface area contributed by atoms with E-state index in [2.05, 4.69) is 37.1 Å². The summed E-state index contributed by atoms with van der Waals surface area (Å²) in [4.78, 5) is 14.8. The molecule has 1 aliphatic rings. The molecule has 8 nitrogen and oxygen atoms in total. The predicted molar refractivity (Wildman–Crippen MR) is 69.2 cm³/mol. The molecule has 96 valence electrons. The molecular formula is C9H11BrN6O2. The number of nitrogens with two attached hydrogens (primary N) is 1. The molecule has 0 radical (unpaired) electrons. The highest BCUT2D eigenvalue weighted by Crippen LogP contribution is 2.24. The van der Waals surface area contributed by atoms with Gasteiger partial charge >= 0.3 is 5.97 Å². The SMILES string of the molecule is CC(=O)OCC1=NNNN1c1cc(Br)cnc1N. The molecule has 0 saturated carbocycles. The lowest BCUT2D eigenvalue weighted by Crippen LogP contribution is -2.43. The van der Waals surface area contributed by atoms with E-state index < -0.39 is 0 Å². The molecule has 0 amide bonds. The number of aromatic nitrogens is 1. The van der Waals surface area contributed by atoms with Crippen LogP contribution in [0.2, 0.25) is 0 Å². The number of rotatable bonds is 3. The van der Waals surface area contributed by atoms with Crippen LogP contribution in [0, 0.1) is 0 Å². The van der Waals surface area contributed by atoms with Gasteiger partial charge in [0, 0.05) is 17.6 Å². The minimum atomic E-state index is -0.384. The summed E-state index contributed by atoms with van der Waals surface area (Å²) in [5, 5.41) is 5.49. The molecular weight excluding hydrogens is 304 g/mol. The Kier molecular flexibility index (Phi) is 3.63. The van der Waals surface area contributed by atoms with Gasteiger partial charge in [0.15, 0.2) is 12.4 Å². The number of nitrogens with zero attached hydrogens (tertiary/aromatic N) is 3. The Morgan fingerprint density at radius 3 is 3.17 bits per heavy atom. The molecule has 1 aromatic rings. The highest BCUT2D eigenvalue weighted by atomic mass is 79.9. The van der Waals surface area contributed by atoms with Crippen molar-refractivity contribution in [3.8, 4) is 0 Å². The molecule has 1 aliphatic heterocycles. The third kappa shape index (κ3) is 2.68. The summed E-state index contributed by atoms with van der Waals surface area (Å²) < 4.78 is 5.65. The molecule has 0 saturated heterocycles. The van der Waals surface area contributed by atoms with Gasteiger partial charge in [-0.25, -0.2) is 15.5 Å². The normalized spacial score (nSPS) is 14.1. The molecule has 4 N–H and O–H groups in total. The molecule has 0 atom stereocenters. The summed E-state index contributed by atoms with van der Waals surface area (Å²) in [7, 11) is 0. The molecule has 0 unspecified atom stereocenters. The Morgan fingerprint density at radius 2 is 2.44 bits per heavy atom. The number of carbonyl (C=O) groups is 1. The number of pyridine rings is 1. The maximum Gasteiger partial charge on any atom is 0.303 e. The number of hydrogen-bond acceptors (Lipinski definition) is 8. The minimum Gasteiger partial charge on any atom is -0.458 e. The van der Waals surface area contributed by atoms with Crippen molar-refractivity contribution in [2.24, 2.45) is 5.10 Å². The van der Waals surface area contributed by atoms with Crippen molar-refractivity contribution < 1.29 is 9.53 Å². The van der Waals surface area contributed by atoms with Gasteiger partial charge in [-0.1, -0.05) is 0 Å². The van der Waals surface area contributed by atoms with Crippen LogP contribution in [0.25, 0.3) is 0 Å². The zero-order chi connectivity index (χ0) is 13.1. The highest BCUT2D eigenvalue weighted by Gasteiger charge is 2.22. The van der Waals surface area contributed by atoms with Crippen LogP contribution in [0.4, 0.5) is 11.5 Å². The predicted octanol–water partition coefficient (Wildman–Crippen LogP) is 0.132. The van der Waals surface area contributed by atoms with Crippen LogP contribution in [0.15, 0.2) is 21.8 Å². The number of ether oxygens (including phenoxy) is 1. The fourth-order valence-electron chi connectivity index (χ4n) is 1.33. The first-order valence-electron chi connectivity index (χ1n) is 4.99. The first-order valence-corrected chi connectivity index (χ1v) is 5.79. The van der Waals surface area contributed by atoms with Gasteiger partial charge in [-0.05, 0) is 22.0 Å². The zero-order valence-corrected chi connectivity index (χ0v) is 11.1. The van der Waals surface area contributed by atoms with Crippen molar-refractivity contribution in [1.82, 2.24) is 16.1 Å². The lowest BCUT2D eigenvalue weighted by atomic mass is 10.3.